The SMILES string of the molecule is O=C(Nc1cc(C(F)(F)F)cc(C(F)(F)F)c1)N1CCSC1c1cccc(Cl)c1Cl. The van der Waals surface area contributed by atoms with Crippen molar-refractivity contribution >= 4 is 46.7 Å². The van der Waals surface area contributed by atoms with E-state index in [4.69, 9.17) is 23.2 Å². The number of hydrogen-bond acceptors (Lipinski definition) is 2. The molecule has 1 unspecified atom stereocenters. The van der Waals surface area contributed by atoms with Crippen molar-refractivity contribution in [3.63, 3.8) is 0 Å². The number of thioether (sulfide) groups is 1. The summed E-state index contributed by atoms with van der Waals surface area (Å²) in [7, 11) is 0. The Bertz CT molecular complexity index is 934. The Morgan fingerprint density at radius 2 is 1.63 bits per heavy atom. The third kappa shape index (κ3) is 4.92. The van der Waals surface area contributed by atoms with Crippen LogP contribution in [0, 0.1) is 0 Å². The molecular formula is C18H12Cl2F6N2OS. The van der Waals surface area contributed by atoms with Crippen LogP contribution in [-0.2, 0) is 12.4 Å². The molecule has 0 spiro atoms. The zero-order chi connectivity index (χ0) is 22.3. The fraction of sp³-hybridized carbons (Fsp3) is 0.278. The number of alkyl halides is 6. The lowest BCUT2D eigenvalue weighted by molar-refractivity contribution is -0.143. The van der Waals surface area contributed by atoms with Crippen molar-refractivity contribution in [1.82, 2.24) is 4.90 Å². The summed E-state index contributed by atoms with van der Waals surface area (Å²) in [5, 5.41) is 2.02. The lowest BCUT2D eigenvalue weighted by Gasteiger charge is -2.25. The first-order valence-corrected chi connectivity index (χ1v) is 10.1. The summed E-state index contributed by atoms with van der Waals surface area (Å²) in [4.78, 5) is 14.0. The van der Waals surface area contributed by atoms with Crippen LogP contribution in [-0.4, -0.2) is 23.2 Å². The zero-order valence-electron chi connectivity index (χ0n) is 14.7. The van der Waals surface area contributed by atoms with Crippen molar-refractivity contribution in [2.75, 3.05) is 17.6 Å². The quantitative estimate of drug-likeness (QED) is 0.449. The molecule has 3 rings (SSSR count). The molecule has 0 aromatic heterocycles. The van der Waals surface area contributed by atoms with E-state index >= 15 is 0 Å². The highest BCUT2D eigenvalue weighted by atomic mass is 35.5. The maximum absolute atomic E-state index is 13.0. The molecule has 1 heterocycles. The van der Waals surface area contributed by atoms with Gasteiger partial charge in [-0.05, 0) is 24.3 Å². The molecule has 1 atom stereocenters. The molecule has 1 fully saturated rings. The molecule has 3 nitrogen and oxygen atoms in total. The normalized spacial score (nSPS) is 17.3. The van der Waals surface area contributed by atoms with E-state index in [1.165, 1.54) is 16.7 Å². The van der Waals surface area contributed by atoms with Crippen molar-refractivity contribution in [2.24, 2.45) is 0 Å². The summed E-state index contributed by atoms with van der Waals surface area (Å²) >= 11 is 13.5. The van der Waals surface area contributed by atoms with Crippen molar-refractivity contribution in [3.05, 3.63) is 63.1 Å². The van der Waals surface area contributed by atoms with Crippen LogP contribution in [0.25, 0.3) is 0 Å². The van der Waals surface area contributed by atoms with Gasteiger partial charge in [0.2, 0.25) is 0 Å². The van der Waals surface area contributed by atoms with E-state index in [2.05, 4.69) is 5.32 Å². The number of carbonyl (C=O) groups is 1. The van der Waals surface area contributed by atoms with E-state index in [1.54, 1.807) is 18.2 Å². The Morgan fingerprint density at radius 3 is 2.20 bits per heavy atom. The monoisotopic (exact) mass is 488 g/mol. The second-order valence-electron chi connectivity index (χ2n) is 6.28. The van der Waals surface area contributed by atoms with Gasteiger partial charge in [-0.2, -0.15) is 26.3 Å². The number of hydrogen-bond donors (Lipinski definition) is 1. The molecule has 2 amide bonds. The second-order valence-corrected chi connectivity index (χ2v) is 8.26. The summed E-state index contributed by atoms with van der Waals surface area (Å²) in [6, 6.07) is 4.88. The number of amides is 2. The third-order valence-electron chi connectivity index (χ3n) is 4.24. The van der Waals surface area contributed by atoms with Gasteiger partial charge in [0.1, 0.15) is 5.37 Å². The molecule has 1 N–H and O–H groups in total. The molecule has 12 heteroatoms. The van der Waals surface area contributed by atoms with Gasteiger partial charge in [-0.1, -0.05) is 35.3 Å². The highest BCUT2D eigenvalue weighted by molar-refractivity contribution is 7.99. The van der Waals surface area contributed by atoms with E-state index in [1.807, 2.05) is 0 Å². The van der Waals surface area contributed by atoms with Crippen molar-refractivity contribution in [3.8, 4) is 0 Å². The van der Waals surface area contributed by atoms with Crippen LogP contribution < -0.4 is 5.32 Å². The molecule has 0 bridgehead atoms. The number of halogens is 8. The summed E-state index contributed by atoms with van der Waals surface area (Å²) < 4.78 is 78.1. The van der Waals surface area contributed by atoms with E-state index in [-0.39, 0.29) is 22.7 Å². The standard InChI is InChI=1S/C18H12Cl2F6N2OS/c19-13-3-1-2-12(14(13)20)15-28(4-5-30-15)16(29)27-11-7-9(17(21,22)23)6-10(8-11)18(24,25)26/h1-3,6-8,15H,4-5H2,(H,27,29). The molecule has 1 aliphatic rings. The first-order valence-electron chi connectivity index (χ1n) is 8.30. The third-order valence-corrected chi connectivity index (χ3v) is 6.31. The average Bonchev–Trinajstić information content (AvgIpc) is 3.12. The largest absolute Gasteiger partial charge is 0.416 e. The number of nitrogens with zero attached hydrogens (tertiary/aromatic N) is 1. The number of urea groups is 1. The van der Waals surface area contributed by atoms with Gasteiger partial charge in [0.05, 0.1) is 21.2 Å². The van der Waals surface area contributed by atoms with Crippen LogP contribution in [0.2, 0.25) is 10.0 Å². The Kier molecular flexibility index (Phi) is 6.41. The molecule has 30 heavy (non-hydrogen) atoms. The Labute approximate surface area is 181 Å². The predicted octanol–water partition coefficient (Wildman–Crippen LogP) is 7.31. The molecule has 0 aliphatic carbocycles. The Hall–Kier alpha value is -1.78. The van der Waals surface area contributed by atoms with Crippen LogP contribution >= 0.6 is 35.0 Å². The molecule has 1 aliphatic heterocycles. The summed E-state index contributed by atoms with van der Waals surface area (Å²) in [6.07, 6.45) is -10.0. The Balaban J connectivity index is 1.90. The summed E-state index contributed by atoms with van der Waals surface area (Å²) in [5.74, 6) is 0.497. The molecule has 0 radical (unpaired) electrons. The van der Waals surface area contributed by atoms with Gasteiger partial charge in [0.25, 0.3) is 0 Å². The number of carbonyl (C=O) groups excluding carboxylic acids is 1. The molecule has 2 aromatic carbocycles. The first-order chi connectivity index (χ1) is 13.9. The Morgan fingerprint density at radius 1 is 1.03 bits per heavy atom. The lowest BCUT2D eigenvalue weighted by Crippen LogP contribution is -2.34. The average molecular weight is 489 g/mol. The molecular weight excluding hydrogens is 477 g/mol. The minimum absolute atomic E-state index is 0.00406. The molecule has 1 saturated heterocycles. The molecule has 162 valence electrons. The van der Waals surface area contributed by atoms with Crippen molar-refractivity contribution in [1.29, 1.82) is 0 Å². The van der Waals surface area contributed by atoms with E-state index in [9.17, 15) is 31.1 Å². The van der Waals surface area contributed by atoms with Crippen LogP contribution in [0.1, 0.15) is 22.1 Å². The number of rotatable bonds is 2. The maximum atomic E-state index is 13.0. The van der Waals surface area contributed by atoms with Gasteiger partial charge in [0, 0.05) is 23.5 Å². The van der Waals surface area contributed by atoms with Crippen LogP contribution in [0.3, 0.4) is 0 Å². The highest BCUT2D eigenvalue weighted by Crippen LogP contribution is 2.43. The number of nitrogens with one attached hydrogen (secondary N) is 1. The highest BCUT2D eigenvalue weighted by Gasteiger charge is 2.38. The molecule has 0 saturated carbocycles. The smallest absolute Gasteiger partial charge is 0.308 e. The zero-order valence-corrected chi connectivity index (χ0v) is 17.1. The van der Waals surface area contributed by atoms with Gasteiger partial charge >= 0.3 is 18.4 Å². The first kappa shape index (κ1) is 22.9. The van der Waals surface area contributed by atoms with Gasteiger partial charge in [0.15, 0.2) is 0 Å². The minimum atomic E-state index is -5.01. The van der Waals surface area contributed by atoms with Crippen LogP contribution in [0.15, 0.2) is 36.4 Å². The fourth-order valence-electron chi connectivity index (χ4n) is 2.87. The number of anilines is 1. The fourth-order valence-corrected chi connectivity index (χ4v) is 4.63. The maximum Gasteiger partial charge on any atom is 0.416 e. The van der Waals surface area contributed by atoms with Gasteiger partial charge < -0.3 is 10.2 Å². The van der Waals surface area contributed by atoms with Gasteiger partial charge in [-0.25, -0.2) is 4.79 Å². The van der Waals surface area contributed by atoms with E-state index < -0.39 is 40.6 Å². The van der Waals surface area contributed by atoms with E-state index in [0.29, 0.717) is 23.4 Å². The van der Waals surface area contributed by atoms with Gasteiger partial charge in [-0.15, -0.1) is 11.8 Å². The van der Waals surface area contributed by atoms with Gasteiger partial charge in [-0.3, -0.25) is 0 Å². The topological polar surface area (TPSA) is 32.3 Å². The predicted molar refractivity (Wildman–Crippen MR) is 104 cm³/mol. The van der Waals surface area contributed by atoms with E-state index in [0.717, 1.165) is 0 Å². The van der Waals surface area contributed by atoms with Crippen LogP contribution in [0.4, 0.5) is 36.8 Å². The van der Waals surface area contributed by atoms with Crippen LogP contribution in [0.5, 0.6) is 0 Å². The lowest BCUT2D eigenvalue weighted by atomic mass is 10.1. The summed E-state index contributed by atoms with van der Waals surface area (Å²) in [6.45, 7) is 0.217. The van der Waals surface area contributed by atoms with Crippen molar-refractivity contribution < 1.29 is 31.1 Å². The summed E-state index contributed by atoms with van der Waals surface area (Å²) in [5.41, 5.74) is -3.13. The second kappa shape index (κ2) is 8.39. The minimum Gasteiger partial charge on any atom is -0.308 e. The van der Waals surface area contributed by atoms with Crippen molar-refractivity contribution in [2.45, 2.75) is 17.7 Å². The number of benzene rings is 2. The molecule has 2 aromatic rings.